The van der Waals surface area contributed by atoms with E-state index in [4.69, 9.17) is 4.74 Å². The number of amides is 1. The van der Waals surface area contributed by atoms with Crippen molar-refractivity contribution in [3.05, 3.63) is 46.6 Å². The summed E-state index contributed by atoms with van der Waals surface area (Å²) >= 11 is 0. The molecule has 0 bridgehead atoms. The molecule has 1 aromatic carbocycles. The number of rotatable bonds is 7. The lowest BCUT2D eigenvalue weighted by atomic mass is 10.3. The van der Waals surface area contributed by atoms with Crippen molar-refractivity contribution in [2.24, 2.45) is 0 Å². The van der Waals surface area contributed by atoms with Crippen LogP contribution in [-0.2, 0) is 26.1 Å². The second kappa shape index (κ2) is 8.46. The van der Waals surface area contributed by atoms with Crippen molar-refractivity contribution in [3.8, 4) is 0 Å². The zero-order valence-electron chi connectivity index (χ0n) is 14.9. The van der Waals surface area contributed by atoms with Gasteiger partial charge in [-0.05, 0) is 29.2 Å². The highest BCUT2D eigenvalue weighted by atomic mass is 32.2. The van der Waals surface area contributed by atoms with E-state index in [-0.39, 0.29) is 29.6 Å². The number of benzene rings is 1. The van der Waals surface area contributed by atoms with Crippen LogP contribution in [-0.4, -0.2) is 59.6 Å². The van der Waals surface area contributed by atoms with Crippen molar-refractivity contribution >= 4 is 27.4 Å². The van der Waals surface area contributed by atoms with Gasteiger partial charge in [0.1, 0.15) is 0 Å². The fourth-order valence-electron chi connectivity index (χ4n) is 2.66. The number of carbonyl (C=O) groups is 1. The third-order valence-electron chi connectivity index (χ3n) is 4.13. The lowest BCUT2D eigenvalue weighted by Crippen LogP contribution is -2.40. The third kappa shape index (κ3) is 4.71. The molecule has 28 heavy (non-hydrogen) atoms. The lowest BCUT2D eigenvalue weighted by molar-refractivity contribution is -0.389. The van der Waals surface area contributed by atoms with Crippen LogP contribution in [0.15, 0.2) is 41.4 Å². The molecular formula is C16H19N5O6S. The molecule has 0 saturated carbocycles. The molecule has 1 saturated heterocycles. The van der Waals surface area contributed by atoms with Gasteiger partial charge in [-0.1, -0.05) is 0 Å². The first-order valence-corrected chi connectivity index (χ1v) is 9.96. The average molecular weight is 409 g/mol. The third-order valence-corrected chi connectivity index (χ3v) is 6.04. The second-order valence-electron chi connectivity index (χ2n) is 6.03. The summed E-state index contributed by atoms with van der Waals surface area (Å²) in [6.45, 7) is 1.54. The number of anilines is 1. The number of ether oxygens (including phenoxy) is 1. The van der Waals surface area contributed by atoms with Gasteiger partial charge < -0.3 is 20.2 Å². The molecule has 1 aliphatic heterocycles. The molecule has 0 radical (unpaired) electrons. The summed E-state index contributed by atoms with van der Waals surface area (Å²) in [7, 11) is -3.58. The van der Waals surface area contributed by atoms with E-state index in [2.05, 4.69) is 10.4 Å². The number of carbonyl (C=O) groups excluding carboxylic acids is 1. The molecule has 2 heterocycles. The Morgan fingerprint density at radius 2 is 1.89 bits per heavy atom. The van der Waals surface area contributed by atoms with Crippen molar-refractivity contribution in [2.75, 3.05) is 31.6 Å². The van der Waals surface area contributed by atoms with E-state index in [1.54, 1.807) is 0 Å². The van der Waals surface area contributed by atoms with E-state index in [9.17, 15) is 23.3 Å². The minimum absolute atomic E-state index is 0.0622. The van der Waals surface area contributed by atoms with Crippen molar-refractivity contribution in [1.29, 1.82) is 0 Å². The number of morpholine rings is 1. The Labute approximate surface area is 161 Å². The zero-order valence-corrected chi connectivity index (χ0v) is 15.7. The van der Waals surface area contributed by atoms with Gasteiger partial charge in [0.2, 0.25) is 15.9 Å². The molecule has 1 aliphatic rings. The molecule has 0 atom stereocenters. The van der Waals surface area contributed by atoms with Crippen LogP contribution in [0.25, 0.3) is 0 Å². The molecular weight excluding hydrogens is 390 g/mol. The largest absolute Gasteiger partial charge is 0.389 e. The molecule has 0 spiro atoms. The number of hydrogen-bond acceptors (Lipinski definition) is 7. The predicted octanol–water partition coefficient (Wildman–Crippen LogP) is 0.841. The van der Waals surface area contributed by atoms with E-state index < -0.39 is 14.9 Å². The van der Waals surface area contributed by atoms with Crippen molar-refractivity contribution in [3.63, 3.8) is 0 Å². The number of aromatic nitrogens is 2. The molecule has 1 amide bonds. The number of nitro groups is 1. The van der Waals surface area contributed by atoms with Gasteiger partial charge in [0.05, 0.1) is 42.0 Å². The van der Waals surface area contributed by atoms with Gasteiger partial charge in [-0.3, -0.25) is 4.79 Å². The van der Waals surface area contributed by atoms with Gasteiger partial charge in [-0.25, -0.2) is 8.42 Å². The Hall–Kier alpha value is -2.83. The molecule has 11 nitrogen and oxygen atoms in total. The van der Waals surface area contributed by atoms with Crippen LogP contribution >= 0.6 is 0 Å². The summed E-state index contributed by atoms with van der Waals surface area (Å²) in [5.41, 5.74) is 0.456. The summed E-state index contributed by atoms with van der Waals surface area (Å²) in [5.74, 6) is -0.598. The smallest absolute Gasteiger partial charge is 0.379 e. The first-order chi connectivity index (χ1) is 13.4. The van der Waals surface area contributed by atoms with Crippen molar-refractivity contribution in [2.45, 2.75) is 17.9 Å². The molecule has 12 heteroatoms. The summed E-state index contributed by atoms with van der Waals surface area (Å²) in [6, 6.07) is 7.17. The van der Waals surface area contributed by atoms with E-state index in [0.717, 1.165) is 0 Å². The minimum atomic E-state index is -3.58. The van der Waals surface area contributed by atoms with Crippen LogP contribution in [0.4, 0.5) is 11.5 Å². The molecule has 0 unspecified atom stereocenters. The van der Waals surface area contributed by atoms with Gasteiger partial charge in [0.15, 0.2) is 0 Å². The van der Waals surface area contributed by atoms with Gasteiger partial charge in [-0.15, -0.1) is 0 Å². The summed E-state index contributed by atoms with van der Waals surface area (Å²) in [6.07, 6.45) is 1.49. The number of aryl methyl sites for hydroxylation is 1. The second-order valence-corrected chi connectivity index (χ2v) is 7.97. The highest BCUT2D eigenvalue weighted by molar-refractivity contribution is 7.89. The zero-order chi connectivity index (χ0) is 20.1. The first kappa shape index (κ1) is 19.9. The summed E-state index contributed by atoms with van der Waals surface area (Å²) < 4.78 is 33.0. The Kier molecular flexibility index (Phi) is 6.02. The molecule has 1 N–H and O–H groups in total. The Balaban J connectivity index is 1.55. The maximum absolute atomic E-state index is 12.6. The van der Waals surface area contributed by atoms with Crippen LogP contribution in [0, 0.1) is 10.1 Å². The monoisotopic (exact) mass is 409 g/mol. The highest BCUT2D eigenvalue weighted by Gasteiger charge is 2.26. The Morgan fingerprint density at radius 3 is 2.50 bits per heavy atom. The molecule has 1 aromatic heterocycles. The Bertz CT molecular complexity index is 950. The molecule has 3 rings (SSSR count). The van der Waals surface area contributed by atoms with Crippen molar-refractivity contribution < 1.29 is 22.9 Å². The lowest BCUT2D eigenvalue weighted by Gasteiger charge is -2.26. The first-order valence-electron chi connectivity index (χ1n) is 8.52. The fourth-order valence-corrected chi connectivity index (χ4v) is 4.07. The fraction of sp³-hybridized carbons (Fsp3) is 0.375. The van der Waals surface area contributed by atoms with Gasteiger partial charge in [0, 0.05) is 25.2 Å². The van der Waals surface area contributed by atoms with Gasteiger partial charge >= 0.3 is 5.82 Å². The predicted molar refractivity (Wildman–Crippen MR) is 98.1 cm³/mol. The minimum Gasteiger partial charge on any atom is -0.379 e. The van der Waals surface area contributed by atoms with Crippen LogP contribution in [0.5, 0.6) is 0 Å². The topological polar surface area (TPSA) is 137 Å². The van der Waals surface area contributed by atoms with E-state index in [1.807, 2.05) is 0 Å². The average Bonchev–Trinajstić information content (AvgIpc) is 3.17. The van der Waals surface area contributed by atoms with Gasteiger partial charge in [-0.2, -0.15) is 8.99 Å². The summed E-state index contributed by atoms with van der Waals surface area (Å²) in [4.78, 5) is 22.2. The molecule has 2 aromatic rings. The van der Waals surface area contributed by atoms with E-state index >= 15 is 0 Å². The SMILES string of the molecule is O=C(CCn1ccc([N+](=O)[O-])n1)Nc1ccc(S(=O)(=O)N2CCOCC2)cc1. The standard InChI is InChI=1S/C16H19N5O6S/c22-16(6-8-19-7-5-15(18-19)21(23)24)17-13-1-3-14(4-2-13)28(25,26)20-9-11-27-12-10-20/h1-5,7H,6,8-12H2,(H,17,22). The number of nitrogens with zero attached hydrogens (tertiary/aromatic N) is 4. The maximum Gasteiger partial charge on any atom is 0.389 e. The van der Waals surface area contributed by atoms with Gasteiger partial charge in [0.25, 0.3) is 0 Å². The quantitative estimate of drug-likeness (QED) is 0.528. The van der Waals surface area contributed by atoms with E-state index in [1.165, 1.54) is 45.5 Å². The van der Waals surface area contributed by atoms with E-state index in [0.29, 0.717) is 32.0 Å². The number of nitrogens with one attached hydrogen (secondary N) is 1. The van der Waals surface area contributed by atoms with Crippen LogP contribution in [0.2, 0.25) is 0 Å². The highest BCUT2D eigenvalue weighted by Crippen LogP contribution is 2.19. The molecule has 1 fully saturated rings. The normalized spacial score (nSPS) is 15.3. The van der Waals surface area contributed by atoms with Crippen molar-refractivity contribution in [1.82, 2.24) is 14.1 Å². The van der Waals surface area contributed by atoms with Crippen LogP contribution in [0.3, 0.4) is 0 Å². The summed E-state index contributed by atoms with van der Waals surface area (Å²) in [5, 5.41) is 17.0. The molecule has 0 aliphatic carbocycles. The number of sulfonamides is 1. The maximum atomic E-state index is 12.6. The molecule has 150 valence electrons. The number of hydrogen-bond donors (Lipinski definition) is 1. The van der Waals surface area contributed by atoms with Crippen LogP contribution < -0.4 is 5.32 Å². The Morgan fingerprint density at radius 1 is 1.21 bits per heavy atom. The van der Waals surface area contributed by atoms with Crippen LogP contribution in [0.1, 0.15) is 6.42 Å².